The molecule has 0 atom stereocenters. The van der Waals surface area contributed by atoms with Crippen molar-refractivity contribution < 1.29 is 4.79 Å². The van der Waals surface area contributed by atoms with Gasteiger partial charge < -0.3 is 4.57 Å². The number of aromatic nitrogens is 1. The molecule has 9 heteroatoms. The van der Waals surface area contributed by atoms with Crippen LogP contribution in [-0.2, 0) is 4.79 Å². The minimum absolute atomic E-state index is 0.0485. The van der Waals surface area contributed by atoms with Crippen LogP contribution in [0.4, 0.5) is 0 Å². The van der Waals surface area contributed by atoms with E-state index in [-0.39, 0.29) is 11.4 Å². The zero-order valence-corrected chi connectivity index (χ0v) is 19.4. The highest BCUT2D eigenvalue weighted by molar-refractivity contribution is 8.45. The molecule has 1 amide bonds. The number of hydrogen-bond donors (Lipinski definition) is 1. The van der Waals surface area contributed by atoms with Gasteiger partial charge in [-0.1, -0.05) is 36.4 Å². The highest BCUT2D eigenvalue weighted by Gasteiger charge is 2.35. The highest BCUT2D eigenvalue weighted by atomic mass is 35.5. The number of hydrogen-bond acceptors (Lipinski definition) is 5. The Morgan fingerprint density at radius 3 is 2.73 bits per heavy atom. The van der Waals surface area contributed by atoms with Crippen LogP contribution < -0.4 is 0 Å². The quantitative estimate of drug-likeness (QED) is 0.627. The van der Waals surface area contributed by atoms with Gasteiger partial charge in [0.1, 0.15) is 0 Å². The van der Waals surface area contributed by atoms with E-state index in [1.807, 2.05) is 52.0 Å². The first-order valence-electron chi connectivity index (χ1n) is 9.38. The van der Waals surface area contributed by atoms with E-state index in [4.69, 9.17) is 17.0 Å². The van der Waals surface area contributed by atoms with Crippen LogP contribution >= 0.6 is 35.1 Å². The molecule has 154 valence electrons. The Kier molecular flexibility index (Phi) is 5.65. The molecule has 0 spiro atoms. The molecule has 0 fully saturated rings. The van der Waals surface area contributed by atoms with Gasteiger partial charge in [0.05, 0.1) is 5.57 Å². The van der Waals surface area contributed by atoms with Crippen molar-refractivity contribution >= 4 is 62.5 Å². The summed E-state index contributed by atoms with van der Waals surface area (Å²) < 4.78 is 2.88. The van der Waals surface area contributed by atoms with Crippen molar-refractivity contribution in [2.24, 2.45) is 10.1 Å². The average molecular weight is 458 g/mol. The molecule has 2 aliphatic rings. The molecule has 0 saturated heterocycles. The maximum absolute atomic E-state index is 12.7. The molecule has 6 nitrogen and oxygen atoms in total. The molecule has 0 saturated carbocycles. The van der Waals surface area contributed by atoms with E-state index >= 15 is 0 Å². The molecular weight excluding hydrogens is 438 g/mol. The maximum atomic E-state index is 12.7. The summed E-state index contributed by atoms with van der Waals surface area (Å²) in [6.07, 6.45) is 1.73. The number of amidine groups is 2. The minimum Gasteiger partial charge on any atom is -0.318 e. The summed E-state index contributed by atoms with van der Waals surface area (Å²) >= 11 is 9.22. The number of nitrogens with zero attached hydrogens (tertiary/aromatic N) is 4. The number of hydrazone groups is 1. The number of carbonyl (C=O) groups excluding carboxylic acids is 1. The van der Waals surface area contributed by atoms with Crippen LogP contribution in [0.15, 0.2) is 39.9 Å². The predicted octanol–water partition coefficient (Wildman–Crippen LogP) is 5.39. The normalized spacial score (nSPS) is 17.5. The summed E-state index contributed by atoms with van der Waals surface area (Å²) in [4.78, 5) is 16.8. The molecule has 2 aliphatic heterocycles. The molecule has 2 aromatic rings. The van der Waals surface area contributed by atoms with Gasteiger partial charge in [0.2, 0.25) is 5.17 Å². The fourth-order valence-corrected chi connectivity index (χ4v) is 5.36. The summed E-state index contributed by atoms with van der Waals surface area (Å²) in [6.45, 7) is 7.99. The Morgan fingerprint density at radius 2 is 2.03 bits per heavy atom. The SMILES string of the molecule is CCSC1=NN2C(=N)/C(=C\c3cc(C)n(-c4ccc(C)c(Cl)c4)c3C)C(=O)N=C2S1. The van der Waals surface area contributed by atoms with Gasteiger partial charge in [0, 0.05) is 22.1 Å². The molecule has 0 bridgehead atoms. The van der Waals surface area contributed by atoms with Gasteiger partial charge in [-0.25, -0.2) is 0 Å². The van der Waals surface area contributed by atoms with Gasteiger partial charge in [0.15, 0.2) is 10.2 Å². The lowest BCUT2D eigenvalue weighted by atomic mass is 10.1. The number of amides is 1. The van der Waals surface area contributed by atoms with Crippen LogP contribution in [0.5, 0.6) is 0 Å². The molecule has 3 heterocycles. The number of halogens is 1. The van der Waals surface area contributed by atoms with E-state index in [1.54, 1.807) is 17.8 Å². The van der Waals surface area contributed by atoms with Crippen LogP contribution in [-0.4, -0.2) is 36.6 Å². The number of rotatable bonds is 3. The lowest BCUT2D eigenvalue weighted by Crippen LogP contribution is -2.35. The topological polar surface area (TPSA) is 73.8 Å². The molecular formula is C21H20ClN5OS2. The Hall–Kier alpha value is -2.29. The van der Waals surface area contributed by atoms with Crippen LogP contribution in [0.3, 0.4) is 0 Å². The minimum atomic E-state index is -0.417. The summed E-state index contributed by atoms with van der Waals surface area (Å²) in [5.41, 5.74) is 5.02. The summed E-state index contributed by atoms with van der Waals surface area (Å²) in [7, 11) is 0. The molecule has 0 aliphatic carbocycles. The Bertz CT molecular complexity index is 1180. The number of aliphatic imine (C=N–C) groups is 1. The Balaban J connectivity index is 1.73. The van der Waals surface area contributed by atoms with E-state index in [0.29, 0.717) is 10.2 Å². The number of aryl methyl sites for hydroxylation is 2. The van der Waals surface area contributed by atoms with Crippen LogP contribution in [0, 0.1) is 26.2 Å². The fourth-order valence-electron chi connectivity index (χ4n) is 3.36. The largest absolute Gasteiger partial charge is 0.318 e. The highest BCUT2D eigenvalue weighted by Crippen LogP contribution is 2.33. The Morgan fingerprint density at radius 1 is 1.27 bits per heavy atom. The van der Waals surface area contributed by atoms with Crippen molar-refractivity contribution in [2.45, 2.75) is 27.7 Å². The van der Waals surface area contributed by atoms with Crippen LogP contribution in [0.2, 0.25) is 5.02 Å². The number of fused-ring (bicyclic) bond motifs is 1. The maximum Gasteiger partial charge on any atom is 0.283 e. The first-order chi connectivity index (χ1) is 14.3. The van der Waals surface area contributed by atoms with Crippen molar-refractivity contribution in [1.82, 2.24) is 9.58 Å². The van der Waals surface area contributed by atoms with E-state index in [1.165, 1.54) is 16.8 Å². The van der Waals surface area contributed by atoms with E-state index < -0.39 is 5.91 Å². The first-order valence-corrected chi connectivity index (χ1v) is 11.6. The van der Waals surface area contributed by atoms with Crippen molar-refractivity contribution in [2.75, 3.05) is 5.75 Å². The van der Waals surface area contributed by atoms with E-state index in [0.717, 1.165) is 38.3 Å². The molecule has 0 radical (unpaired) electrons. The van der Waals surface area contributed by atoms with Gasteiger partial charge in [-0.3, -0.25) is 10.2 Å². The second kappa shape index (κ2) is 8.09. The van der Waals surface area contributed by atoms with Crippen molar-refractivity contribution in [3.8, 4) is 5.69 Å². The second-order valence-corrected chi connectivity index (χ2v) is 9.79. The average Bonchev–Trinajstić information content (AvgIpc) is 3.21. The predicted molar refractivity (Wildman–Crippen MR) is 128 cm³/mol. The van der Waals surface area contributed by atoms with Gasteiger partial charge >= 0.3 is 0 Å². The summed E-state index contributed by atoms with van der Waals surface area (Å²) in [5.74, 6) is 0.499. The molecule has 0 unspecified atom stereocenters. The third-order valence-electron chi connectivity index (χ3n) is 4.89. The van der Waals surface area contributed by atoms with Crippen LogP contribution in [0.1, 0.15) is 29.4 Å². The van der Waals surface area contributed by atoms with Gasteiger partial charge in [-0.05, 0) is 73.7 Å². The van der Waals surface area contributed by atoms with Crippen molar-refractivity contribution in [3.63, 3.8) is 0 Å². The molecule has 4 rings (SSSR count). The lowest BCUT2D eigenvalue weighted by molar-refractivity contribution is -0.114. The van der Waals surface area contributed by atoms with E-state index in [9.17, 15) is 4.79 Å². The second-order valence-electron chi connectivity index (χ2n) is 6.91. The van der Waals surface area contributed by atoms with Gasteiger partial charge in [0.25, 0.3) is 5.91 Å². The van der Waals surface area contributed by atoms with Gasteiger partial charge in [-0.2, -0.15) is 10.0 Å². The Labute approximate surface area is 188 Å². The molecule has 1 N–H and O–H groups in total. The number of nitrogens with one attached hydrogen (secondary N) is 1. The third kappa shape index (κ3) is 3.64. The smallest absolute Gasteiger partial charge is 0.283 e. The fraction of sp³-hybridized carbons (Fsp3) is 0.238. The first kappa shape index (κ1) is 21.0. The summed E-state index contributed by atoms with van der Waals surface area (Å²) in [5, 5.41) is 15.5. The third-order valence-corrected chi connectivity index (χ3v) is 7.22. The zero-order chi connectivity index (χ0) is 21.6. The van der Waals surface area contributed by atoms with Crippen molar-refractivity contribution in [1.29, 1.82) is 5.41 Å². The van der Waals surface area contributed by atoms with E-state index in [2.05, 4.69) is 14.7 Å². The molecule has 1 aromatic heterocycles. The standard InChI is InChI=1S/C21H20ClN5OS2/c1-5-29-21-25-27-18(23)16(19(28)24-20(27)30-21)9-14-8-12(3)26(13(14)4)15-7-6-11(2)17(22)10-15/h6-10,23H,5H2,1-4H3/b16-9+,23-18?. The molecule has 30 heavy (non-hydrogen) atoms. The molecule has 1 aromatic carbocycles. The number of thioether (sulfide) groups is 2. The monoisotopic (exact) mass is 457 g/mol. The van der Waals surface area contributed by atoms with Gasteiger partial charge in [-0.15, -0.1) is 5.10 Å². The number of carbonyl (C=O) groups is 1. The lowest BCUT2D eigenvalue weighted by Gasteiger charge is -2.20. The van der Waals surface area contributed by atoms with Crippen LogP contribution in [0.25, 0.3) is 11.8 Å². The van der Waals surface area contributed by atoms with Crippen molar-refractivity contribution in [3.05, 3.63) is 57.4 Å². The summed E-state index contributed by atoms with van der Waals surface area (Å²) in [6, 6.07) is 7.93. The number of benzene rings is 1. The zero-order valence-electron chi connectivity index (χ0n) is 17.0.